The Kier molecular flexibility index (Phi) is 5.88. The Morgan fingerprint density at radius 2 is 1.90 bits per heavy atom. The van der Waals surface area contributed by atoms with Crippen molar-refractivity contribution in [3.05, 3.63) is 0 Å². The number of hydrogen-bond donors (Lipinski definition) is 1. The van der Waals surface area contributed by atoms with Gasteiger partial charge in [-0.3, -0.25) is 4.79 Å². The van der Waals surface area contributed by atoms with Crippen LogP contribution < -0.4 is 0 Å². The van der Waals surface area contributed by atoms with Crippen molar-refractivity contribution in [1.82, 2.24) is 4.90 Å². The van der Waals surface area contributed by atoms with E-state index in [0.29, 0.717) is 0 Å². The fourth-order valence-corrected chi connectivity index (χ4v) is 4.26. The highest BCUT2D eigenvalue weighted by Gasteiger charge is 2.41. The van der Waals surface area contributed by atoms with Gasteiger partial charge in [-0.05, 0) is 44.6 Å². The molecule has 1 unspecified atom stereocenters. The van der Waals surface area contributed by atoms with Crippen LogP contribution in [0.25, 0.3) is 0 Å². The lowest BCUT2D eigenvalue weighted by molar-refractivity contribution is -0.153. The number of carbonyl (C=O) groups is 1. The van der Waals surface area contributed by atoms with E-state index in [1.807, 2.05) is 0 Å². The molecule has 3 nitrogen and oxygen atoms in total. The molecule has 1 aliphatic carbocycles. The minimum Gasteiger partial charge on any atom is -0.481 e. The summed E-state index contributed by atoms with van der Waals surface area (Å²) in [6.45, 7) is 5.13. The van der Waals surface area contributed by atoms with E-state index in [4.69, 9.17) is 0 Å². The number of piperidine rings is 1. The fourth-order valence-electron chi connectivity index (χ4n) is 4.26. The minimum absolute atomic E-state index is 0.461. The quantitative estimate of drug-likeness (QED) is 0.776. The Balaban J connectivity index is 1.93. The third kappa shape index (κ3) is 3.97. The summed E-state index contributed by atoms with van der Waals surface area (Å²) in [5.41, 5.74) is -0.461. The molecule has 0 spiro atoms. The van der Waals surface area contributed by atoms with Crippen LogP contribution in [0.1, 0.15) is 71.1 Å². The molecule has 2 rings (SSSR count). The van der Waals surface area contributed by atoms with Crippen molar-refractivity contribution < 1.29 is 9.90 Å². The number of nitrogens with zero attached hydrogens (tertiary/aromatic N) is 1. The number of aliphatic carboxylic acids is 1. The van der Waals surface area contributed by atoms with E-state index in [0.717, 1.165) is 51.2 Å². The molecule has 116 valence electrons. The predicted octanol–water partition coefficient (Wildman–Crippen LogP) is 3.92. The van der Waals surface area contributed by atoms with Gasteiger partial charge in [0.2, 0.25) is 0 Å². The van der Waals surface area contributed by atoms with Crippen LogP contribution in [0.3, 0.4) is 0 Å². The van der Waals surface area contributed by atoms with Gasteiger partial charge >= 0.3 is 5.97 Å². The number of likely N-dealkylation sites (tertiary alicyclic amines) is 1. The smallest absolute Gasteiger partial charge is 0.310 e. The zero-order valence-corrected chi connectivity index (χ0v) is 13.1. The summed E-state index contributed by atoms with van der Waals surface area (Å²) in [6, 6.07) is 0. The van der Waals surface area contributed by atoms with Crippen LogP contribution >= 0.6 is 0 Å². The Bertz CT molecular complexity index is 306. The van der Waals surface area contributed by atoms with Crippen LogP contribution in [0.15, 0.2) is 0 Å². The molecule has 0 aromatic rings. The van der Waals surface area contributed by atoms with E-state index in [9.17, 15) is 9.90 Å². The maximum absolute atomic E-state index is 11.7. The molecule has 0 aromatic heterocycles. The molecule has 1 heterocycles. The Hall–Kier alpha value is -0.570. The highest BCUT2D eigenvalue weighted by Crippen LogP contribution is 2.36. The van der Waals surface area contributed by atoms with Crippen molar-refractivity contribution in [2.24, 2.45) is 11.3 Å². The van der Waals surface area contributed by atoms with Gasteiger partial charge in [-0.1, -0.05) is 39.0 Å². The molecular weight excluding hydrogens is 250 g/mol. The first-order chi connectivity index (χ1) is 9.66. The summed E-state index contributed by atoms with van der Waals surface area (Å²) in [5, 5.41) is 9.66. The van der Waals surface area contributed by atoms with E-state index in [1.54, 1.807) is 0 Å². The molecule has 1 aliphatic heterocycles. The van der Waals surface area contributed by atoms with Crippen LogP contribution in [0.5, 0.6) is 0 Å². The largest absolute Gasteiger partial charge is 0.481 e. The molecule has 1 atom stereocenters. The van der Waals surface area contributed by atoms with Gasteiger partial charge in [0.1, 0.15) is 0 Å². The molecular formula is C17H31NO2. The Morgan fingerprint density at radius 1 is 1.20 bits per heavy atom. The second-order valence-corrected chi connectivity index (χ2v) is 7.03. The van der Waals surface area contributed by atoms with Crippen LogP contribution in [-0.4, -0.2) is 35.6 Å². The maximum atomic E-state index is 11.7. The molecule has 0 radical (unpaired) electrons. The van der Waals surface area contributed by atoms with Gasteiger partial charge in [-0.15, -0.1) is 0 Å². The molecule has 2 fully saturated rings. The maximum Gasteiger partial charge on any atom is 0.310 e. The van der Waals surface area contributed by atoms with Crippen LogP contribution in [0.2, 0.25) is 0 Å². The summed E-state index contributed by atoms with van der Waals surface area (Å²) in [7, 11) is 0. The molecule has 1 N–H and O–H groups in total. The third-order valence-electron chi connectivity index (χ3n) is 5.33. The van der Waals surface area contributed by atoms with Crippen LogP contribution in [0.4, 0.5) is 0 Å². The molecule has 1 saturated carbocycles. The van der Waals surface area contributed by atoms with Crippen molar-refractivity contribution in [3.63, 3.8) is 0 Å². The number of hydrogen-bond acceptors (Lipinski definition) is 2. The molecule has 0 aromatic carbocycles. The summed E-state index contributed by atoms with van der Waals surface area (Å²) in [6.07, 6.45) is 12.0. The number of rotatable bonds is 5. The molecule has 0 bridgehead atoms. The lowest BCUT2D eigenvalue weighted by Crippen LogP contribution is -2.49. The third-order valence-corrected chi connectivity index (χ3v) is 5.33. The zero-order chi connectivity index (χ0) is 14.4. The number of carboxylic acids is 1. The van der Waals surface area contributed by atoms with Crippen LogP contribution in [0, 0.1) is 11.3 Å². The van der Waals surface area contributed by atoms with Gasteiger partial charge < -0.3 is 10.0 Å². The molecule has 1 saturated heterocycles. The summed E-state index contributed by atoms with van der Waals surface area (Å²) in [5.74, 6) is 0.244. The van der Waals surface area contributed by atoms with E-state index >= 15 is 0 Å². The summed E-state index contributed by atoms with van der Waals surface area (Å²) < 4.78 is 0. The van der Waals surface area contributed by atoms with Crippen molar-refractivity contribution in [2.75, 3.05) is 19.6 Å². The first kappa shape index (κ1) is 15.8. The van der Waals surface area contributed by atoms with Crippen molar-refractivity contribution >= 4 is 5.97 Å². The van der Waals surface area contributed by atoms with E-state index in [2.05, 4.69) is 11.8 Å². The van der Waals surface area contributed by atoms with Gasteiger partial charge in [0.15, 0.2) is 0 Å². The average Bonchev–Trinajstić information content (AvgIpc) is 2.68. The second-order valence-electron chi connectivity index (χ2n) is 7.03. The van der Waals surface area contributed by atoms with Crippen molar-refractivity contribution in [3.8, 4) is 0 Å². The standard InChI is InChI=1S/C17H31NO2/c1-2-10-17(16(19)20)11-7-12-18(14-17)13-15-8-5-3-4-6-9-15/h15H,2-14H2,1H3,(H,19,20). The highest BCUT2D eigenvalue weighted by molar-refractivity contribution is 5.75. The molecule has 0 amide bonds. The lowest BCUT2D eigenvalue weighted by Gasteiger charge is -2.41. The van der Waals surface area contributed by atoms with Gasteiger partial charge in [-0.2, -0.15) is 0 Å². The van der Waals surface area contributed by atoms with E-state index in [1.165, 1.54) is 38.5 Å². The van der Waals surface area contributed by atoms with Gasteiger partial charge in [0.05, 0.1) is 5.41 Å². The van der Waals surface area contributed by atoms with Crippen molar-refractivity contribution in [2.45, 2.75) is 71.1 Å². The Labute approximate surface area is 123 Å². The predicted molar refractivity (Wildman–Crippen MR) is 81.8 cm³/mol. The van der Waals surface area contributed by atoms with E-state index in [-0.39, 0.29) is 0 Å². The molecule has 2 aliphatic rings. The normalized spacial score (nSPS) is 30.1. The fraction of sp³-hybridized carbons (Fsp3) is 0.941. The Morgan fingerprint density at radius 3 is 2.50 bits per heavy atom. The molecule has 20 heavy (non-hydrogen) atoms. The van der Waals surface area contributed by atoms with Gasteiger partial charge in [-0.25, -0.2) is 0 Å². The minimum atomic E-state index is -0.565. The molecule has 3 heteroatoms. The average molecular weight is 281 g/mol. The first-order valence-electron chi connectivity index (χ1n) is 8.62. The SMILES string of the molecule is CCCC1(C(=O)O)CCCN(CC2CCCCCC2)C1. The zero-order valence-electron chi connectivity index (χ0n) is 13.1. The second kappa shape index (κ2) is 7.44. The van der Waals surface area contributed by atoms with E-state index < -0.39 is 11.4 Å². The van der Waals surface area contributed by atoms with Crippen LogP contribution in [-0.2, 0) is 4.79 Å². The van der Waals surface area contributed by atoms with Gasteiger partial charge in [0, 0.05) is 13.1 Å². The van der Waals surface area contributed by atoms with Gasteiger partial charge in [0.25, 0.3) is 0 Å². The van der Waals surface area contributed by atoms with Crippen molar-refractivity contribution in [1.29, 1.82) is 0 Å². The number of carboxylic acid groups (broad SMARTS) is 1. The summed E-state index contributed by atoms with van der Waals surface area (Å²) >= 11 is 0. The first-order valence-corrected chi connectivity index (χ1v) is 8.62. The highest BCUT2D eigenvalue weighted by atomic mass is 16.4. The topological polar surface area (TPSA) is 40.5 Å². The summed E-state index contributed by atoms with van der Waals surface area (Å²) in [4.78, 5) is 14.2. The lowest BCUT2D eigenvalue weighted by atomic mass is 9.76. The monoisotopic (exact) mass is 281 g/mol.